The molecule has 0 aliphatic heterocycles. The Morgan fingerprint density at radius 2 is 1.96 bits per heavy atom. The predicted octanol–water partition coefficient (Wildman–Crippen LogP) is 3.28. The molecule has 140 valence electrons. The number of benzene rings is 2. The number of methoxy groups -OCH3 is 1. The van der Waals surface area contributed by atoms with Gasteiger partial charge in [-0.25, -0.2) is 13.2 Å². The summed E-state index contributed by atoms with van der Waals surface area (Å²) in [6, 6.07) is 13.8. The normalized spacial score (nSPS) is 11.2. The fraction of sp³-hybridized carbons (Fsp3) is 0.111. The van der Waals surface area contributed by atoms with Gasteiger partial charge in [-0.15, -0.1) is 0 Å². The fourth-order valence-electron chi connectivity index (χ4n) is 2.43. The largest absolute Gasteiger partial charge is 0.465 e. The lowest BCUT2D eigenvalue weighted by molar-refractivity contribution is 0.0599. The highest BCUT2D eigenvalue weighted by Gasteiger charge is 2.19. The van der Waals surface area contributed by atoms with Crippen LogP contribution in [-0.2, 0) is 21.3 Å². The number of hydrogen-bond donors (Lipinski definition) is 1. The Morgan fingerprint density at radius 3 is 2.67 bits per heavy atom. The molecule has 0 radical (unpaired) electrons. The summed E-state index contributed by atoms with van der Waals surface area (Å²) in [4.78, 5) is 11.7. The van der Waals surface area contributed by atoms with Crippen molar-refractivity contribution < 1.29 is 17.9 Å². The number of esters is 1. The van der Waals surface area contributed by atoms with Crippen molar-refractivity contribution in [1.82, 2.24) is 9.78 Å². The Balaban J connectivity index is 1.80. The van der Waals surface area contributed by atoms with Crippen LogP contribution in [0.25, 0.3) is 0 Å². The van der Waals surface area contributed by atoms with Gasteiger partial charge in [0, 0.05) is 10.7 Å². The van der Waals surface area contributed by atoms with E-state index in [1.807, 2.05) is 30.3 Å². The van der Waals surface area contributed by atoms with Gasteiger partial charge in [0.2, 0.25) is 0 Å². The first-order valence-electron chi connectivity index (χ1n) is 7.86. The minimum Gasteiger partial charge on any atom is -0.465 e. The van der Waals surface area contributed by atoms with Gasteiger partial charge < -0.3 is 4.74 Å². The number of nitrogens with zero attached hydrogens (tertiary/aromatic N) is 2. The molecule has 0 saturated carbocycles. The summed E-state index contributed by atoms with van der Waals surface area (Å²) in [5, 5.41) is 4.17. The summed E-state index contributed by atoms with van der Waals surface area (Å²) in [5.41, 5.74) is 1.50. The zero-order chi connectivity index (χ0) is 19.4. The van der Waals surface area contributed by atoms with Gasteiger partial charge >= 0.3 is 5.97 Å². The molecule has 0 bridgehead atoms. The van der Waals surface area contributed by atoms with E-state index in [4.69, 9.17) is 0 Å². The summed E-state index contributed by atoms with van der Waals surface area (Å²) >= 11 is 3.21. The molecule has 2 aromatic carbocycles. The first kappa shape index (κ1) is 19.1. The van der Waals surface area contributed by atoms with E-state index in [1.165, 1.54) is 31.5 Å². The van der Waals surface area contributed by atoms with E-state index in [1.54, 1.807) is 10.9 Å². The Hall–Kier alpha value is -2.65. The lowest BCUT2D eigenvalue weighted by Crippen LogP contribution is -2.14. The minimum atomic E-state index is -3.89. The van der Waals surface area contributed by atoms with E-state index in [-0.39, 0.29) is 10.5 Å². The monoisotopic (exact) mass is 449 g/mol. The van der Waals surface area contributed by atoms with Crippen LogP contribution in [0.1, 0.15) is 15.9 Å². The quantitative estimate of drug-likeness (QED) is 0.583. The van der Waals surface area contributed by atoms with E-state index in [0.29, 0.717) is 16.7 Å². The maximum absolute atomic E-state index is 12.6. The molecule has 3 aromatic rings. The standard InChI is InChI=1S/C18H16BrN3O4S/c1-26-18(23)16-9-15(7-8-17(16)19)27(24,25)21-14-10-20-22(12-14)11-13-5-3-2-4-6-13/h2-10,12,21H,11H2,1H3. The van der Waals surface area contributed by atoms with E-state index in [2.05, 4.69) is 30.5 Å². The lowest BCUT2D eigenvalue weighted by atomic mass is 10.2. The van der Waals surface area contributed by atoms with Crippen LogP contribution in [0.3, 0.4) is 0 Å². The van der Waals surface area contributed by atoms with Gasteiger partial charge in [0.1, 0.15) is 0 Å². The second kappa shape index (κ2) is 7.93. The average molecular weight is 450 g/mol. The molecule has 0 amide bonds. The number of halogens is 1. The van der Waals surface area contributed by atoms with Gasteiger partial charge in [0.25, 0.3) is 10.0 Å². The predicted molar refractivity (Wildman–Crippen MR) is 104 cm³/mol. The van der Waals surface area contributed by atoms with Crippen molar-refractivity contribution in [3.8, 4) is 0 Å². The van der Waals surface area contributed by atoms with Crippen LogP contribution in [-0.4, -0.2) is 31.3 Å². The van der Waals surface area contributed by atoms with Crippen LogP contribution in [0.5, 0.6) is 0 Å². The summed E-state index contributed by atoms with van der Waals surface area (Å²) in [5.74, 6) is -0.630. The second-order valence-electron chi connectivity index (χ2n) is 5.65. The van der Waals surface area contributed by atoms with Crippen molar-refractivity contribution in [1.29, 1.82) is 0 Å². The molecule has 9 heteroatoms. The van der Waals surface area contributed by atoms with Gasteiger partial charge in [-0.3, -0.25) is 9.40 Å². The first-order chi connectivity index (χ1) is 12.9. The zero-order valence-corrected chi connectivity index (χ0v) is 16.7. The number of carbonyl (C=O) groups excluding carboxylic acids is 1. The molecule has 1 aromatic heterocycles. The Labute approximate surface area is 165 Å². The Morgan fingerprint density at radius 1 is 1.22 bits per heavy atom. The molecule has 27 heavy (non-hydrogen) atoms. The summed E-state index contributed by atoms with van der Waals surface area (Å²) in [6.45, 7) is 0.521. The molecule has 0 unspecified atom stereocenters. The van der Waals surface area contributed by atoms with E-state index in [9.17, 15) is 13.2 Å². The molecule has 1 heterocycles. The van der Waals surface area contributed by atoms with E-state index < -0.39 is 16.0 Å². The first-order valence-corrected chi connectivity index (χ1v) is 10.1. The number of rotatable bonds is 6. The van der Waals surface area contributed by atoms with Crippen molar-refractivity contribution >= 4 is 37.6 Å². The lowest BCUT2D eigenvalue weighted by Gasteiger charge is -2.08. The van der Waals surface area contributed by atoms with Crippen molar-refractivity contribution in [2.24, 2.45) is 0 Å². The third kappa shape index (κ3) is 4.55. The fourth-order valence-corrected chi connectivity index (χ4v) is 3.89. The number of hydrogen-bond acceptors (Lipinski definition) is 5. The zero-order valence-electron chi connectivity index (χ0n) is 14.3. The summed E-state index contributed by atoms with van der Waals surface area (Å²) in [6.07, 6.45) is 3.03. The highest BCUT2D eigenvalue weighted by atomic mass is 79.9. The molecule has 0 saturated heterocycles. The van der Waals surface area contributed by atoms with Crippen molar-refractivity contribution in [3.05, 3.63) is 76.5 Å². The number of anilines is 1. The number of nitrogens with one attached hydrogen (secondary N) is 1. The van der Waals surface area contributed by atoms with Crippen molar-refractivity contribution in [2.75, 3.05) is 11.8 Å². The summed E-state index contributed by atoms with van der Waals surface area (Å²) < 4.78 is 34.5. The molecular weight excluding hydrogens is 434 g/mol. The molecule has 3 rings (SSSR count). The van der Waals surface area contributed by atoms with Crippen molar-refractivity contribution in [2.45, 2.75) is 11.4 Å². The minimum absolute atomic E-state index is 0.0538. The van der Waals surface area contributed by atoms with Gasteiger partial charge in [0.15, 0.2) is 0 Å². The SMILES string of the molecule is COC(=O)c1cc(S(=O)(=O)Nc2cnn(Cc3ccccc3)c2)ccc1Br. The van der Waals surface area contributed by atoms with Crippen LogP contribution in [0.4, 0.5) is 5.69 Å². The number of sulfonamides is 1. The molecule has 0 aliphatic rings. The van der Waals surface area contributed by atoms with E-state index in [0.717, 1.165) is 5.56 Å². The van der Waals surface area contributed by atoms with Gasteiger partial charge in [-0.1, -0.05) is 30.3 Å². The van der Waals surface area contributed by atoms with Crippen LogP contribution in [0.2, 0.25) is 0 Å². The van der Waals surface area contributed by atoms with E-state index >= 15 is 0 Å². The van der Waals surface area contributed by atoms with Crippen LogP contribution < -0.4 is 4.72 Å². The third-order valence-electron chi connectivity index (χ3n) is 3.73. The molecule has 0 aliphatic carbocycles. The van der Waals surface area contributed by atoms with Crippen molar-refractivity contribution in [3.63, 3.8) is 0 Å². The topological polar surface area (TPSA) is 90.3 Å². The maximum atomic E-state index is 12.6. The van der Waals surface area contributed by atoms with Crippen LogP contribution >= 0.6 is 15.9 Å². The van der Waals surface area contributed by atoms with Crippen LogP contribution in [0, 0.1) is 0 Å². The van der Waals surface area contributed by atoms with Gasteiger partial charge in [0.05, 0.1) is 36.0 Å². The Bertz CT molecular complexity index is 1070. The molecule has 0 fully saturated rings. The molecule has 0 atom stereocenters. The smallest absolute Gasteiger partial charge is 0.339 e. The second-order valence-corrected chi connectivity index (χ2v) is 8.19. The molecular formula is C18H16BrN3O4S. The number of aromatic nitrogens is 2. The number of carbonyl (C=O) groups is 1. The molecule has 1 N–H and O–H groups in total. The van der Waals surface area contributed by atoms with Gasteiger partial charge in [-0.05, 0) is 39.7 Å². The summed E-state index contributed by atoms with van der Waals surface area (Å²) in [7, 11) is -2.65. The maximum Gasteiger partial charge on any atom is 0.339 e. The van der Waals surface area contributed by atoms with Crippen LogP contribution in [0.15, 0.2) is 70.3 Å². The molecule has 0 spiro atoms. The highest BCUT2D eigenvalue weighted by molar-refractivity contribution is 9.10. The third-order valence-corrected chi connectivity index (χ3v) is 5.80. The number of ether oxygens (including phenoxy) is 1. The van der Waals surface area contributed by atoms with Gasteiger partial charge in [-0.2, -0.15) is 5.10 Å². The highest BCUT2D eigenvalue weighted by Crippen LogP contribution is 2.23. The average Bonchev–Trinajstić information content (AvgIpc) is 3.08. The molecule has 7 nitrogen and oxygen atoms in total. The Kier molecular flexibility index (Phi) is 5.62.